The van der Waals surface area contributed by atoms with E-state index in [1.54, 1.807) is 0 Å². The Kier molecular flexibility index (Phi) is 5.98. The van der Waals surface area contributed by atoms with Gasteiger partial charge in [0.1, 0.15) is 6.61 Å². The van der Waals surface area contributed by atoms with Gasteiger partial charge in [0.25, 0.3) is 0 Å². The van der Waals surface area contributed by atoms with E-state index in [4.69, 9.17) is 4.74 Å². The van der Waals surface area contributed by atoms with Crippen LogP contribution in [0.3, 0.4) is 0 Å². The van der Waals surface area contributed by atoms with Crippen LogP contribution in [0.2, 0.25) is 0 Å². The number of carbonyl (C=O) groups excluding carboxylic acids is 1. The number of rotatable bonds is 6. The molecular formula is C19H28O2. The molecule has 0 bridgehead atoms. The van der Waals surface area contributed by atoms with Crippen LogP contribution in [0.1, 0.15) is 74.7 Å². The Morgan fingerprint density at radius 3 is 2.48 bits per heavy atom. The summed E-state index contributed by atoms with van der Waals surface area (Å²) in [5, 5.41) is 0. The maximum absolute atomic E-state index is 12.2. The highest BCUT2D eigenvalue weighted by molar-refractivity contribution is 5.97. The van der Waals surface area contributed by atoms with Gasteiger partial charge in [0, 0.05) is 5.56 Å². The second-order valence-corrected chi connectivity index (χ2v) is 6.50. The third-order valence-corrected chi connectivity index (χ3v) is 4.69. The lowest BCUT2D eigenvalue weighted by Crippen LogP contribution is -2.29. The van der Waals surface area contributed by atoms with E-state index in [2.05, 4.69) is 20.8 Å². The van der Waals surface area contributed by atoms with E-state index >= 15 is 0 Å². The molecule has 1 aromatic carbocycles. The van der Waals surface area contributed by atoms with Crippen LogP contribution in [-0.4, -0.2) is 18.5 Å². The van der Waals surface area contributed by atoms with Gasteiger partial charge in [-0.25, -0.2) is 0 Å². The quantitative estimate of drug-likeness (QED) is 0.690. The first-order valence-electron chi connectivity index (χ1n) is 8.36. The number of hydrogen-bond donors (Lipinski definition) is 0. The Hall–Kier alpha value is -1.15. The number of benzene rings is 1. The first-order chi connectivity index (χ1) is 10.1. The number of Topliss-reactive ketones (excluding diaryl/α,β-unsaturated/α-hetero) is 1. The summed E-state index contributed by atoms with van der Waals surface area (Å²) in [5.74, 6) is 1.23. The molecule has 1 aliphatic carbocycles. The Balaban J connectivity index is 1.89. The smallest absolute Gasteiger partial charge is 0.188 e. The minimum atomic E-state index is 0.103. The molecule has 1 aromatic rings. The molecule has 2 heteroatoms. The van der Waals surface area contributed by atoms with Crippen LogP contribution in [0.25, 0.3) is 0 Å². The third kappa shape index (κ3) is 4.41. The first-order valence-corrected chi connectivity index (χ1v) is 8.36. The molecule has 0 aliphatic heterocycles. The number of ether oxygens (including phenoxy) is 1. The highest BCUT2D eigenvalue weighted by atomic mass is 16.5. The van der Waals surface area contributed by atoms with Crippen LogP contribution < -0.4 is 0 Å². The van der Waals surface area contributed by atoms with Crippen LogP contribution in [0.4, 0.5) is 0 Å². The van der Waals surface area contributed by atoms with Crippen molar-refractivity contribution in [2.75, 3.05) is 6.61 Å². The fourth-order valence-corrected chi connectivity index (χ4v) is 3.18. The summed E-state index contributed by atoms with van der Waals surface area (Å²) in [4.78, 5) is 12.2. The molecule has 2 unspecified atom stereocenters. The monoisotopic (exact) mass is 288 g/mol. The van der Waals surface area contributed by atoms with E-state index in [-0.39, 0.29) is 18.5 Å². The lowest BCUT2D eigenvalue weighted by molar-refractivity contribution is -0.00570. The van der Waals surface area contributed by atoms with Gasteiger partial charge in [-0.15, -0.1) is 0 Å². The van der Waals surface area contributed by atoms with Gasteiger partial charge in [-0.2, -0.15) is 0 Å². The van der Waals surface area contributed by atoms with E-state index < -0.39 is 0 Å². The van der Waals surface area contributed by atoms with E-state index in [0.29, 0.717) is 11.8 Å². The normalized spacial score (nSPS) is 22.5. The average molecular weight is 288 g/mol. The van der Waals surface area contributed by atoms with Crippen LogP contribution in [-0.2, 0) is 4.74 Å². The minimum Gasteiger partial charge on any atom is -0.370 e. The van der Waals surface area contributed by atoms with Crippen molar-refractivity contribution in [3.8, 4) is 0 Å². The molecule has 0 radical (unpaired) electrons. The van der Waals surface area contributed by atoms with E-state index in [0.717, 1.165) is 18.4 Å². The van der Waals surface area contributed by atoms with Crippen molar-refractivity contribution in [1.29, 1.82) is 0 Å². The third-order valence-electron chi connectivity index (χ3n) is 4.69. The maximum atomic E-state index is 12.2. The zero-order valence-electron chi connectivity index (χ0n) is 13.6. The van der Waals surface area contributed by atoms with Gasteiger partial charge in [0.05, 0.1) is 6.10 Å². The Morgan fingerprint density at radius 1 is 1.19 bits per heavy atom. The summed E-state index contributed by atoms with van der Waals surface area (Å²) in [6.07, 6.45) is 6.34. The fraction of sp³-hybridized carbons (Fsp3) is 0.632. The van der Waals surface area contributed by atoms with Gasteiger partial charge in [0.15, 0.2) is 5.78 Å². The minimum absolute atomic E-state index is 0.103. The van der Waals surface area contributed by atoms with Crippen LogP contribution in [0, 0.1) is 5.92 Å². The van der Waals surface area contributed by atoms with Gasteiger partial charge in [-0.3, -0.25) is 4.79 Å². The van der Waals surface area contributed by atoms with E-state index in [1.807, 2.05) is 24.3 Å². The van der Waals surface area contributed by atoms with Crippen molar-refractivity contribution < 1.29 is 9.53 Å². The summed E-state index contributed by atoms with van der Waals surface area (Å²) in [5.41, 5.74) is 2.04. The summed E-state index contributed by atoms with van der Waals surface area (Å²) < 4.78 is 5.93. The fourth-order valence-electron chi connectivity index (χ4n) is 3.18. The lowest BCUT2D eigenvalue weighted by Gasteiger charge is -2.30. The molecule has 2 rings (SSSR count). The highest BCUT2D eigenvalue weighted by Gasteiger charge is 2.25. The molecular weight excluding hydrogens is 260 g/mol. The van der Waals surface area contributed by atoms with Gasteiger partial charge in [-0.1, -0.05) is 64.3 Å². The van der Waals surface area contributed by atoms with Crippen molar-refractivity contribution in [2.45, 2.75) is 64.9 Å². The van der Waals surface area contributed by atoms with Gasteiger partial charge >= 0.3 is 0 Å². The van der Waals surface area contributed by atoms with Crippen LogP contribution in [0.5, 0.6) is 0 Å². The topological polar surface area (TPSA) is 26.3 Å². The van der Waals surface area contributed by atoms with Gasteiger partial charge in [0.2, 0.25) is 0 Å². The second kappa shape index (κ2) is 7.74. The molecule has 0 spiro atoms. The van der Waals surface area contributed by atoms with E-state index in [9.17, 15) is 4.79 Å². The zero-order valence-corrected chi connectivity index (χ0v) is 13.6. The molecule has 1 fully saturated rings. The average Bonchev–Trinajstić information content (AvgIpc) is 2.52. The maximum Gasteiger partial charge on any atom is 0.188 e. The SMILES string of the molecule is CCC1CCCCC1OCC(=O)c1ccc(C(C)C)cc1. The van der Waals surface area contributed by atoms with Crippen LogP contribution >= 0.6 is 0 Å². The molecule has 116 valence electrons. The molecule has 1 aliphatic rings. The molecule has 0 amide bonds. The number of ketones is 1. The van der Waals surface area contributed by atoms with Crippen LogP contribution in [0.15, 0.2) is 24.3 Å². The molecule has 1 saturated carbocycles. The largest absolute Gasteiger partial charge is 0.370 e. The Labute approximate surface area is 128 Å². The number of carbonyl (C=O) groups is 1. The van der Waals surface area contributed by atoms with Crippen molar-refractivity contribution in [2.24, 2.45) is 5.92 Å². The second-order valence-electron chi connectivity index (χ2n) is 6.50. The van der Waals surface area contributed by atoms with Crippen molar-refractivity contribution >= 4 is 5.78 Å². The first kappa shape index (κ1) is 16.2. The summed E-state index contributed by atoms with van der Waals surface area (Å²) in [6.45, 7) is 6.77. The summed E-state index contributed by atoms with van der Waals surface area (Å²) >= 11 is 0. The Bertz CT molecular complexity index is 447. The molecule has 0 saturated heterocycles. The molecule has 0 N–H and O–H groups in total. The molecule has 0 heterocycles. The Morgan fingerprint density at radius 2 is 1.86 bits per heavy atom. The zero-order chi connectivity index (χ0) is 15.2. The highest BCUT2D eigenvalue weighted by Crippen LogP contribution is 2.29. The predicted molar refractivity (Wildman–Crippen MR) is 86.9 cm³/mol. The molecule has 21 heavy (non-hydrogen) atoms. The molecule has 0 aromatic heterocycles. The van der Waals surface area contributed by atoms with E-state index in [1.165, 1.54) is 24.8 Å². The van der Waals surface area contributed by atoms with Gasteiger partial charge in [-0.05, 0) is 30.2 Å². The molecule has 2 atom stereocenters. The summed E-state index contributed by atoms with van der Waals surface area (Å²) in [7, 11) is 0. The number of hydrogen-bond acceptors (Lipinski definition) is 2. The predicted octanol–water partition coefficient (Wildman–Crippen LogP) is 4.98. The summed E-state index contributed by atoms with van der Waals surface area (Å²) in [6, 6.07) is 7.96. The molecule has 2 nitrogen and oxygen atoms in total. The van der Waals surface area contributed by atoms with Crippen molar-refractivity contribution in [3.05, 3.63) is 35.4 Å². The van der Waals surface area contributed by atoms with Crippen molar-refractivity contribution in [3.63, 3.8) is 0 Å². The van der Waals surface area contributed by atoms with Crippen molar-refractivity contribution in [1.82, 2.24) is 0 Å². The van der Waals surface area contributed by atoms with Gasteiger partial charge < -0.3 is 4.74 Å². The lowest BCUT2D eigenvalue weighted by atomic mass is 9.85. The standard InChI is InChI=1S/C19H28O2/c1-4-15-7-5-6-8-19(15)21-13-18(20)17-11-9-16(10-12-17)14(2)3/h9-12,14-15,19H,4-8,13H2,1-3H3.